The quantitative estimate of drug-likeness (QED) is 0.872. The van der Waals surface area contributed by atoms with E-state index >= 15 is 0 Å². The van der Waals surface area contributed by atoms with Gasteiger partial charge in [0.1, 0.15) is 5.75 Å². The number of ether oxygens (including phenoxy) is 1. The van der Waals surface area contributed by atoms with Crippen molar-refractivity contribution < 1.29 is 4.74 Å². The Hall–Kier alpha value is -1.80. The van der Waals surface area contributed by atoms with Gasteiger partial charge in [-0.3, -0.25) is 0 Å². The van der Waals surface area contributed by atoms with E-state index < -0.39 is 0 Å². The fourth-order valence-electron chi connectivity index (χ4n) is 1.78. The lowest BCUT2D eigenvalue weighted by atomic mass is 10.0. The molecule has 2 rings (SSSR count). The smallest absolute Gasteiger partial charge is 0.119 e. The number of hydrogen-bond acceptors (Lipinski definition) is 2. The van der Waals surface area contributed by atoms with E-state index in [4.69, 9.17) is 10.5 Å². The van der Waals surface area contributed by atoms with Crippen LogP contribution in [0.25, 0.3) is 11.1 Å². The number of benzene rings is 2. The van der Waals surface area contributed by atoms with Gasteiger partial charge in [0.25, 0.3) is 0 Å². The standard InChI is InChI=1S/C15H17NO/c1-11(16)12-6-8-13(9-7-12)14-4-3-5-15(10-14)17-2/h3-11H,16H2,1-2H3. The summed E-state index contributed by atoms with van der Waals surface area (Å²) >= 11 is 0. The molecule has 0 saturated heterocycles. The van der Waals surface area contributed by atoms with Gasteiger partial charge in [-0.15, -0.1) is 0 Å². The van der Waals surface area contributed by atoms with E-state index in [-0.39, 0.29) is 6.04 Å². The van der Waals surface area contributed by atoms with Crippen LogP contribution in [0.4, 0.5) is 0 Å². The second-order valence-electron chi connectivity index (χ2n) is 4.14. The van der Waals surface area contributed by atoms with Gasteiger partial charge in [-0.25, -0.2) is 0 Å². The largest absolute Gasteiger partial charge is 0.497 e. The number of methoxy groups -OCH3 is 1. The van der Waals surface area contributed by atoms with E-state index in [0.29, 0.717) is 0 Å². The first-order chi connectivity index (χ1) is 8.20. The highest BCUT2D eigenvalue weighted by atomic mass is 16.5. The van der Waals surface area contributed by atoms with Crippen molar-refractivity contribution in [1.29, 1.82) is 0 Å². The zero-order valence-corrected chi connectivity index (χ0v) is 10.2. The van der Waals surface area contributed by atoms with Gasteiger partial charge < -0.3 is 10.5 Å². The van der Waals surface area contributed by atoms with E-state index in [1.165, 1.54) is 5.56 Å². The number of nitrogens with two attached hydrogens (primary N) is 1. The summed E-state index contributed by atoms with van der Waals surface area (Å²) in [5, 5.41) is 0. The molecule has 0 radical (unpaired) electrons. The third kappa shape index (κ3) is 2.66. The minimum Gasteiger partial charge on any atom is -0.497 e. The molecule has 17 heavy (non-hydrogen) atoms. The molecular formula is C15H17NO. The van der Waals surface area contributed by atoms with E-state index in [1.807, 2.05) is 25.1 Å². The van der Waals surface area contributed by atoms with Gasteiger partial charge in [0.05, 0.1) is 7.11 Å². The van der Waals surface area contributed by atoms with Crippen molar-refractivity contribution in [3.05, 3.63) is 54.1 Å². The molecule has 0 heterocycles. The summed E-state index contributed by atoms with van der Waals surface area (Å²) in [4.78, 5) is 0. The van der Waals surface area contributed by atoms with Crippen LogP contribution >= 0.6 is 0 Å². The monoisotopic (exact) mass is 227 g/mol. The molecule has 0 aliphatic carbocycles. The Morgan fingerprint density at radius 3 is 2.29 bits per heavy atom. The molecule has 2 heteroatoms. The summed E-state index contributed by atoms with van der Waals surface area (Å²) in [6.45, 7) is 1.99. The van der Waals surface area contributed by atoms with Crippen molar-refractivity contribution in [2.45, 2.75) is 13.0 Å². The molecule has 0 spiro atoms. The third-order valence-corrected chi connectivity index (χ3v) is 2.84. The lowest BCUT2D eigenvalue weighted by molar-refractivity contribution is 0.415. The van der Waals surface area contributed by atoms with Gasteiger partial charge in [-0.05, 0) is 35.7 Å². The zero-order valence-electron chi connectivity index (χ0n) is 10.2. The van der Waals surface area contributed by atoms with Gasteiger partial charge in [0, 0.05) is 6.04 Å². The van der Waals surface area contributed by atoms with Crippen LogP contribution in [0, 0.1) is 0 Å². The summed E-state index contributed by atoms with van der Waals surface area (Å²) in [7, 11) is 1.68. The lowest BCUT2D eigenvalue weighted by Gasteiger charge is -2.08. The Bertz CT molecular complexity index is 489. The van der Waals surface area contributed by atoms with Crippen molar-refractivity contribution in [3.63, 3.8) is 0 Å². The predicted molar refractivity (Wildman–Crippen MR) is 71.0 cm³/mol. The molecule has 2 nitrogen and oxygen atoms in total. The normalized spacial score (nSPS) is 12.2. The van der Waals surface area contributed by atoms with E-state index in [2.05, 4.69) is 30.3 Å². The van der Waals surface area contributed by atoms with Crippen LogP contribution in [0.1, 0.15) is 18.5 Å². The van der Waals surface area contributed by atoms with Crippen LogP contribution in [-0.4, -0.2) is 7.11 Å². The van der Waals surface area contributed by atoms with Crippen LogP contribution in [0.5, 0.6) is 5.75 Å². The van der Waals surface area contributed by atoms with Crippen molar-refractivity contribution in [2.24, 2.45) is 5.73 Å². The molecule has 0 fully saturated rings. The topological polar surface area (TPSA) is 35.2 Å². The lowest BCUT2D eigenvalue weighted by Crippen LogP contribution is -2.04. The summed E-state index contributed by atoms with van der Waals surface area (Å²) in [5.41, 5.74) is 9.31. The Balaban J connectivity index is 2.32. The fourth-order valence-corrected chi connectivity index (χ4v) is 1.78. The molecule has 0 aliphatic rings. The molecule has 0 bridgehead atoms. The minimum atomic E-state index is 0.0781. The SMILES string of the molecule is COc1cccc(-c2ccc(C(C)N)cc2)c1. The summed E-state index contributed by atoms with van der Waals surface area (Å²) in [6, 6.07) is 16.4. The van der Waals surface area contributed by atoms with E-state index in [9.17, 15) is 0 Å². The molecule has 0 amide bonds. The average Bonchev–Trinajstić information content (AvgIpc) is 2.39. The van der Waals surface area contributed by atoms with Crippen LogP contribution in [0.2, 0.25) is 0 Å². The molecular weight excluding hydrogens is 210 g/mol. The van der Waals surface area contributed by atoms with E-state index in [0.717, 1.165) is 16.9 Å². The number of hydrogen-bond donors (Lipinski definition) is 1. The summed E-state index contributed by atoms with van der Waals surface area (Å²) in [6.07, 6.45) is 0. The summed E-state index contributed by atoms with van der Waals surface area (Å²) < 4.78 is 5.22. The van der Waals surface area contributed by atoms with Crippen molar-refractivity contribution >= 4 is 0 Å². The van der Waals surface area contributed by atoms with Gasteiger partial charge in [-0.1, -0.05) is 36.4 Å². The van der Waals surface area contributed by atoms with Gasteiger partial charge in [0.15, 0.2) is 0 Å². The first kappa shape index (κ1) is 11.7. The van der Waals surface area contributed by atoms with Gasteiger partial charge in [-0.2, -0.15) is 0 Å². The molecule has 88 valence electrons. The summed E-state index contributed by atoms with van der Waals surface area (Å²) in [5.74, 6) is 0.874. The third-order valence-electron chi connectivity index (χ3n) is 2.84. The molecule has 1 atom stereocenters. The van der Waals surface area contributed by atoms with Crippen LogP contribution in [0.3, 0.4) is 0 Å². The van der Waals surface area contributed by atoms with Crippen LogP contribution in [0.15, 0.2) is 48.5 Å². The zero-order chi connectivity index (χ0) is 12.3. The minimum absolute atomic E-state index is 0.0781. The Morgan fingerprint density at radius 2 is 1.71 bits per heavy atom. The van der Waals surface area contributed by atoms with E-state index in [1.54, 1.807) is 7.11 Å². The first-order valence-electron chi connectivity index (χ1n) is 5.70. The highest BCUT2D eigenvalue weighted by Gasteiger charge is 2.02. The highest BCUT2D eigenvalue weighted by molar-refractivity contribution is 5.65. The van der Waals surface area contributed by atoms with Gasteiger partial charge in [0.2, 0.25) is 0 Å². The predicted octanol–water partition coefficient (Wildman–Crippen LogP) is 3.38. The van der Waals surface area contributed by atoms with Crippen molar-refractivity contribution in [2.75, 3.05) is 7.11 Å². The van der Waals surface area contributed by atoms with Crippen LogP contribution in [-0.2, 0) is 0 Å². The van der Waals surface area contributed by atoms with Crippen LogP contribution < -0.4 is 10.5 Å². The van der Waals surface area contributed by atoms with Crippen molar-refractivity contribution in [1.82, 2.24) is 0 Å². The maximum atomic E-state index is 5.83. The Kier molecular flexibility index (Phi) is 3.45. The Morgan fingerprint density at radius 1 is 1.00 bits per heavy atom. The maximum absolute atomic E-state index is 5.83. The Labute approximate surface area is 102 Å². The van der Waals surface area contributed by atoms with Crippen molar-refractivity contribution in [3.8, 4) is 16.9 Å². The second-order valence-corrected chi connectivity index (χ2v) is 4.14. The second kappa shape index (κ2) is 5.02. The van der Waals surface area contributed by atoms with Gasteiger partial charge >= 0.3 is 0 Å². The molecule has 0 aromatic heterocycles. The molecule has 2 N–H and O–H groups in total. The fraction of sp³-hybridized carbons (Fsp3) is 0.200. The highest BCUT2D eigenvalue weighted by Crippen LogP contribution is 2.24. The molecule has 0 saturated carbocycles. The maximum Gasteiger partial charge on any atom is 0.119 e. The first-order valence-corrected chi connectivity index (χ1v) is 5.70. The average molecular weight is 227 g/mol. The number of rotatable bonds is 3. The molecule has 2 aromatic rings. The molecule has 1 unspecified atom stereocenters. The molecule has 0 aliphatic heterocycles. The molecule has 2 aromatic carbocycles.